The summed E-state index contributed by atoms with van der Waals surface area (Å²) in [7, 11) is 2.15. The van der Waals surface area contributed by atoms with E-state index in [0.717, 1.165) is 17.8 Å². The summed E-state index contributed by atoms with van der Waals surface area (Å²) < 4.78 is 0. The number of hydrogen-bond donors (Lipinski definition) is 1. The van der Waals surface area contributed by atoms with Crippen molar-refractivity contribution in [2.24, 2.45) is 17.8 Å². The molecule has 1 aromatic rings. The quantitative estimate of drug-likeness (QED) is 0.855. The minimum atomic E-state index is 0.588. The van der Waals surface area contributed by atoms with Gasteiger partial charge in [-0.05, 0) is 61.4 Å². The third-order valence-corrected chi connectivity index (χ3v) is 7.70. The van der Waals surface area contributed by atoms with Gasteiger partial charge in [0.1, 0.15) is 0 Å². The monoisotopic (exact) mass is 309 g/mol. The first-order valence-corrected chi connectivity index (χ1v) is 10.0. The van der Waals surface area contributed by atoms with E-state index in [-0.39, 0.29) is 0 Å². The third kappa shape index (κ3) is 2.95. The lowest BCUT2D eigenvalue weighted by atomic mass is 9.73. The highest BCUT2D eigenvalue weighted by Crippen LogP contribution is 2.43. The Kier molecular flexibility index (Phi) is 4.79. The molecule has 2 aliphatic rings. The van der Waals surface area contributed by atoms with Gasteiger partial charge in [-0.15, -0.1) is 11.3 Å². The number of thiophene rings is 1. The van der Waals surface area contributed by atoms with E-state index >= 15 is 0 Å². The lowest BCUT2D eigenvalue weighted by molar-refractivity contribution is 0.176. The highest BCUT2D eigenvalue weighted by atomic mass is 32.2. The molecule has 112 valence electrons. The third-order valence-electron chi connectivity index (χ3n) is 5.37. The Labute approximate surface area is 131 Å². The first-order chi connectivity index (χ1) is 9.69. The van der Waals surface area contributed by atoms with Gasteiger partial charge in [0.05, 0.1) is 0 Å². The zero-order chi connectivity index (χ0) is 14.1. The Morgan fingerprint density at radius 3 is 2.80 bits per heavy atom. The summed E-state index contributed by atoms with van der Waals surface area (Å²) in [5.74, 6) is 5.18. The second-order valence-electron chi connectivity index (χ2n) is 6.69. The van der Waals surface area contributed by atoms with Gasteiger partial charge in [0.2, 0.25) is 0 Å². The molecule has 0 saturated heterocycles. The molecule has 1 aromatic heterocycles. The molecule has 0 bridgehead atoms. The maximum absolute atomic E-state index is 3.64. The van der Waals surface area contributed by atoms with Gasteiger partial charge in [-0.2, -0.15) is 11.8 Å². The number of aryl methyl sites for hydroxylation is 1. The summed E-state index contributed by atoms with van der Waals surface area (Å²) in [5.41, 5.74) is 1.62. The largest absolute Gasteiger partial charge is 0.312 e. The molecule has 3 rings (SSSR count). The zero-order valence-corrected chi connectivity index (χ0v) is 14.6. The van der Waals surface area contributed by atoms with Crippen LogP contribution in [0.5, 0.6) is 0 Å². The summed E-state index contributed by atoms with van der Waals surface area (Å²) in [6.45, 7) is 4.87. The van der Waals surface area contributed by atoms with Gasteiger partial charge in [0.25, 0.3) is 0 Å². The first-order valence-electron chi connectivity index (χ1n) is 8.05. The van der Waals surface area contributed by atoms with Crippen LogP contribution in [0.3, 0.4) is 0 Å². The van der Waals surface area contributed by atoms with Gasteiger partial charge in [-0.25, -0.2) is 0 Å². The van der Waals surface area contributed by atoms with E-state index in [2.05, 4.69) is 55.4 Å². The van der Waals surface area contributed by atoms with Gasteiger partial charge in [-0.3, -0.25) is 0 Å². The minimum Gasteiger partial charge on any atom is -0.312 e. The highest BCUT2D eigenvalue weighted by molar-refractivity contribution is 7.98. The average molecular weight is 310 g/mol. The second-order valence-corrected chi connectivity index (χ2v) is 8.97. The molecule has 1 N–H and O–H groups in total. The Balaban J connectivity index is 1.77. The van der Waals surface area contributed by atoms with Crippen LogP contribution in [0.2, 0.25) is 0 Å². The summed E-state index contributed by atoms with van der Waals surface area (Å²) in [6, 6.07) is 3.10. The van der Waals surface area contributed by atoms with Gasteiger partial charge in [0, 0.05) is 21.5 Å². The number of hydrogen-bond acceptors (Lipinski definition) is 3. The molecule has 20 heavy (non-hydrogen) atoms. The van der Waals surface area contributed by atoms with Crippen molar-refractivity contribution < 1.29 is 0 Å². The van der Waals surface area contributed by atoms with Crippen LogP contribution < -0.4 is 5.32 Å². The molecule has 2 heterocycles. The van der Waals surface area contributed by atoms with Crippen molar-refractivity contribution in [1.82, 2.24) is 5.32 Å². The summed E-state index contributed by atoms with van der Waals surface area (Å²) in [4.78, 5) is 3.27. The molecule has 0 radical (unpaired) electrons. The van der Waals surface area contributed by atoms with Crippen LogP contribution in [0.25, 0.3) is 0 Å². The molecule has 1 aliphatic heterocycles. The van der Waals surface area contributed by atoms with Crippen LogP contribution in [0.15, 0.2) is 6.07 Å². The summed E-state index contributed by atoms with van der Waals surface area (Å²) in [6.07, 6.45) is 5.49. The van der Waals surface area contributed by atoms with Crippen molar-refractivity contribution in [3.63, 3.8) is 0 Å². The molecule has 4 atom stereocenters. The van der Waals surface area contributed by atoms with Crippen molar-refractivity contribution >= 4 is 23.1 Å². The van der Waals surface area contributed by atoms with Crippen LogP contribution in [-0.4, -0.2) is 12.8 Å². The fraction of sp³-hybridized carbons (Fsp3) is 0.765. The van der Waals surface area contributed by atoms with Crippen LogP contribution in [-0.2, 0) is 12.2 Å². The van der Waals surface area contributed by atoms with Crippen molar-refractivity contribution in [3.8, 4) is 0 Å². The normalized spacial score (nSPS) is 31.9. The molecule has 1 fully saturated rings. The smallest absolute Gasteiger partial charge is 0.0441 e. The van der Waals surface area contributed by atoms with E-state index < -0.39 is 0 Å². The predicted octanol–water partition coefficient (Wildman–Crippen LogP) is 4.87. The lowest BCUT2D eigenvalue weighted by Crippen LogP contribution is -2.31. The number of nitrogens with one attached hydrogen (secondary N) is 1. The Hall–Kier alpha value is 0.01000. The second kappa shape index (κ2) is 6.41. The molecule has 3 heteroatoms. The zero-order valence-electron chi connectivity index (χ0n) is 12.9. The summed E-state index contributed by atoms with van der Waals surface area (Å²) in [5, 5.41) is 3.64. The van der Waals surface area contributed by atoms with Crippen molar-refractivity contribution in [2.75, 3.05) is 12.8 Å². The number of rotatable bonds is 3. The van der Waals surface area contributed by atoms with Gasteiger partial charge in [0.15, 0.2) is 0 Å². The molecular weight excluding hydrogens is 282 g/mol. The standard InChI is InChI=1S/C17H27NS2/c1-11-4-5-13(8-12(11)2)17(18-3)16-9-14-10-19-7-6-15(14)20-16/h9,11-13,17-18H,4-8,10H2,1-3H3. The number of fused-ring (bicyclic) bond motifs is 1. The van der Waals surface area contributed by atoms with E-state index in [1.54, 1.807) is 15.3 Å². The Bertz CT molecular complexity index is 430. The van der Waals surface area contributed by atoms with Gasteiger partial charge < -0.3 is 5.32 Å². The topological polar surface area (TPSA) is 12.0 Å². The molecule has 0 amide bonds. The molecule has 1 aliphatic carbocycles. The van der Waals surface area contributed by atoms with Gasteiger partial charge in [-0.1, -0.05) is 20.3 Å². The summed E-state index contributed by atoms with van der Waals surface area (Å²) >= 11 is 4.18. The van der Waals surface area contributed by atoms with Crippen molar-refractivity contribution in [2.45, 2.75) is 51.3 Å². The van der Waals surface area contributed by atoms with E-state index in [4.69, 9.17) is 0 Å². The maximum Gasteiger partial charge on any atom is 0.0441 e. The lowest BCUT2D eigenvalue weighted by Gasteiger charge is -2.36. The molecule has 4 unspecified atom stereocenters. The maximum atomic E-state index is 3.64. The average Bonchev–Trinajstić information content (AvgIpc) is 2.87. The highest BCUT2D eigenvalue weighted by Gasteiger charge is 2.31. The fourth-order valence-electron chi connectivity index (χ4n) is 3.83. The van der Waals surface area contributed by atoms with Crippen molar-refractivity contribution in [1.29, 1.82) is 0 Å². The Morgan fingerprint density at radius 2 is 2.10 bits per heavy atom. The van der Waals surface area contributed by atoms with Crippen LogP contribution >= 0.6 is 23.1 Å². The predicted molar refractivity (Wildman–Crippen MR) is 91.7 cm³/mol. The number of thioether (sulfide) groups is 1. The Morgan fingerprint density at radius 1 is 1.25 bits per heavy atom. The molecule has 0 aromatic carbocycles. The van der Waals surface area contributed by atoms with E-state index in [1.807, 2.05) is 0 Å². The molecular formula is C17H27NS2. The van der Waals surface area contributed by atoms with Crippen LogP contribution in [0, 0.1) is 17.8 Å². The van der Waals surface area contributed by atoms with Crippen LogP contribution in [0.4, 0.5) is 0 Å². The van der Waals surface area contributed by atoms with Gasteiger partial charge >= 0.3 is 0 Å². The van der Waals surface area contributed by atoms with E-state index in [0.29, 0.717) is 6.04 Å². The fourth-order valence-corrected chi connectivity index (χ4v) is 6.41. The van der Waals surface area contributed by atoms with E-state index in [9.17, 15) is 0 Å². The molecule has 0 spiro atoms. The van der Waals surface area contributed by atoms with E-state index in [1.165, 1.54) is 37.2 Å². The minimum absolute atomic E-state index is 0.588. The first kappa shape index (κ1) is 14.9. The van der Waals surface area contributed by atoms with Crippen LogP contribution in [0.1, 0.15) is 54.5 Å². The molecule has 1 saturated carbocycles. The van der Waals surface area contributed by atoms with Crippen molar-refractivity contribution in [3.05, 3.63) is 21.4 Å². The SMILES string of the molecule is CNC(c1cc2c(s1)CCSC2)C1CCC(C)C(C)C1. The molecule has 1 nitrogen and oxygen atoms in total.